The van der Waals surface area contributed by atoms with E-state index in [-0.39, 0.29) is 0 Å². The zero-order valence-electron chi connectivity index (χ0n) is 15.4. The second-order valence-electron chi connectivity index (χ2n) is 6.65. The summed E-state index contributed by atoms with van der Waals surface area (Å²) in [7, 11) is 0. The first-order valence-electron chi connectivity index (χ1n) is 8.94. The lowest BCUT2D eigenvalue weighted by Crippen LogP contribution is -2.02. The molecule has 0 atom stereocenters. The maximum Gasteiger partial charge on any atom is 0.150 e. The maximum absolute atomic E-state index is 10.8. The number of carbonyl (C=O) groups is 1. The van der Waals surface area contributed by atoms with Gasteiger partial charge in [-0.1, -0.05) is 54.6 Å². The van der Waals surface area contributed by atoms with Gasteiger partial charge in [-0.15, -0.1) is 0 Å². The van der Waals surface area contributed by atoms with E-state index in [1.165, 1.54) is 11.4 Å². The third-order valence-corrected chi connectivity index (χ3v) is 4.80. The van der Waals surface area contributed by atoms with Gasteiger partial charge < -0.3 is 4.57 Å². The van der Waals surface area contributed by atoms with E-state index in [1.54, 1.807) is 0 Å². The van der Waals surface area contributed by atoms with Crippen LogP contribution in [0.5, 0.6) is 0 Å². The number of aromatic nitrogens is 2. The Morgan fingerprint density at radius 1 is 0.704 bits per heavy atom. The number of pyridine rings is 1. The van der Waals surface area contributed by atoms with Crippen molar-refractivity contribution in [3.8, 4) is 28.2 Å². The standard InChI is InChI=1S/C24H20N2O/c1-17-6-7-18(2)26(17)24-5-3-4-23(25-24)22-14-12-21(13-15-22)20-10-8-19(16-27)9-11-20/h3-16H,1-2H3. The average Bonchev–Trinajstić information content (AvgIpc) is 3.06. The molecule has 2 heterocycles. The van der Waals surface area contributed by atoms with Crippen molar-refractivity contribution in [2.24, 2.45) is 0 Å². The van der Waals surface area contributed by atoms with Crippen LogP contribution < -0.4 is 0 Å². The summed E-state index contributed by atoms with van der Waals surface area (Å²) in [5.74, 6) is 0.932. The highest BCUT2D eigenvalue weighted by Crippen LogP contribution is 2.25. The first kappa shape index (κ1) is 17.0. The molecular formula is C24H20N2O. The fraction of sp³-hybridized carbons (Fsp3) is 0.0833. The highest BCUT2D eigenvalue weighted by atomic mass is 16.1. The van der Waals surface area contributed by atoms with E-state index >= 15 is 0 Å². The molecule has 0 fully saturated rings. The van der Waals surface area contributed by atoms with Crippen LogP contribution in [0, 0.1) is 13.8 Å². The Balaban J connectivity index is 1.66. The SMILES string of the molecule is Cc1ccc(C)n1-c1cccc(-c2ccc(-c3ccc(C=O)cc3)cc2)n1. The molecule has 3 heteroatoms. The highest BCUT2D eigenvalue weighted by molar-refractivity contribution is 5.77. The Hall–Kier alpha value is -3.46. The number of aryl methyl sites for hydroxylation is 2. The minimum atomic E-state index is 0.687. The third kappa shape index (κ3) is 3.32. The van der Waals surface area contributed by atoms with Crippen LogP contribution in [0.3, 0.4) is 0 Å². The zero-order valence-corrected chi connectivity index (χ0v) is 15.4. The lowest BCUT2D eigenvalue weighted by Gasteiger charge is -2.10. The number of benzene rings is 2. The Morgan fingerprint density at radius 3 is 1.85 bits per heavy atom. The second kappa shape index (κ2) is 7.04. The monoisotopic (exact) mass is 352 g/mol. The summed E-state index contributed by atoms with van der Waals surface area (Å²) in [6, 6.07) is 26.3. The van der Waals surface area contributed by atoms with Crippen LogP contribution in [0.15, 0.2) is 78.9 Å². The van der Waals surface area contributed by atoms with Gasteiger partial charge in [0.2, 0.25) is 0 Å². The van der Waals surface area contributed by atoms with E-state index in [0.717, 1.165) is 34.5 Å². The van der Waals surface area contributed by atoms with Gasteiger partial charge in [-0.25, -0.2) is 4.98 Å². The van der Waals surface area contributed by atoms with Gasteiger partial charge >= 0.3 is 0 Å². The van der Waals surface area contributed by atoms with Crippen LogP contribution in [0.25, 0.3) is 28.2 Å². The molecule has 0 saturated heterocycles. The van der Waals surface area contributed by atoms with Crippen LogP contribution in [-0.2, 0) is 0 Å². The predicted octanol–water partition coefficient (Wildman–Crippen LogP) is 5.64. The van der Waals surface area contributed by atoms with Gasteiger partial charge in [0.05, 0.1) is 5.69 Å². The molecule has 0 N–H and O–H groups in total. The van der Waals surface area contributed by atoms with Crippen molar-refractivity contribution in [3.05, 3.63) is 95.8 Å². The van der Waals surface area contributed by atoms with Crippen molar-refractivity contribution in [1.29, 1.82) is 0 Å². The maximum atomic E-state index is 10.8. The number of carbonyl (C=O) groups excluding carboxylic acids is 1. The molecule has 3 nitrogen and oxygen atoms in total. The number of rotatable bonds is 4. The van der Waals surface area contributed by atoms with Crippen molar-refractivity contribution in [3.63, 3.8) is 0 Å². The Morgan fingerprint density at radius 2 is 1.26 bits per heavy atom. The number of nitrogens with zero attached hydrogens (tertiary/aromatic N) is 2. The molecule has 4 aromatic rings. The predicted molar refractivity (Wildman–Crippen MR) is 109 cm³/mol. The molecular weight excluding hydrogens is 332 g/mol. The van der Waals surface area contributed by atoms with Crippen molar-refractivity contribution < 1.29 is 4.79 Å². The van der Waals surface area contributed by atoms with E-state index in [9.17, 15) is 4.79 Å². The van der Waals surface area contributed by atoms with Crippen LogP contribution in [0.4, 0.5) is 0 Å². The Bertz CT molecular complexity index is 1070. The minimum absolute atomic E-state index is 0.687. The van der Waals surface area contributed by atoms with Crippen molar-refractivity contribution in [2.45, 2.75) is 13.8 Å². The average molecular weight is 352 g/mol. The quantitative estimate of drug-likeness (QED) is 0.446. The van der Waals surface area contributed by atoms with Gasteiger partial charge in [-0.2, -0.15) is 0 Å². The van der Waals surface area contributed by atoms with Gasteiger partial charge in [-0.3, -0.25) is 4.79 Å². The molecule has 27 heavy (non-hydrogen) atoms. The van der Waals surface area contributed by atoms with E-state index in [1.807, 2.05) is 42.5 Å². The number of aldehydes is 1. The number of hydrogen-bond acceptors (Lipinski definition) is 2. The van der Waals surface area contributed by atoms with Crippen molar-refractivity contribution >= 4 is 6.29 Å². The van der Waals surface area contributed by atoms with E-state index in [2.05, 4.69) is 54.8 Å². The summed E-state index contributed by atoms with van der Waals surface area (Å²) in [5, 5.41) is 0. The molecule has 0 spiro atoms. The second-order valence-corrected chi connectivity index (χ2v) is 6.65. The molecule has 2 aromatic carbocycles. The molecule has 132 valence electrons. The number of hydrogen-bond donors (Lipinski definition) is 0. The summed E-state index contributed by atoms with van der Waals surface area (Å²) >= 11 is 0. The zero-order chi connectivity index (χ0) is 18.8. The van der Waals surface area contributed by atoms with Gasteiger partial charge in [0.1, 0.15) is 12.1 Å². The fourth-order valence-corrected chi connectivity index (χ4v) is 3.33. The molecule has 0 aliphatic carbocycles. The fourth-order valence-electron chi connectivity index (χ4n) is 3.33. The normalized spacial score (nSPS) is 10.7. The molecule has 0 amide bonds. The topological polar surface area (TPSA) is 34.9 Å². The Kier molecular flexibility index (Phi) is 4.43. The van der Waals surface area contributed by atoms with E-state index in [0.29, 0.717) is 5.56 Å². The first-order chi connectivity index (χ1) is 13.2. The van der Waals surface area contributed by atoms with E-state index in [4.69, 9.17) is 4.98 Å². The van der Waals surface area contributed by atoms with E-state index < -0.39 is 0 Å². The van der Waals surface area contributed by atoms with Gasteiger partial charge in [0.15, 0.2) is 0 Å². The van der Waals surface area contributed by atoms with Crippen LogP contribution in [-0.4, -0.2) is 15.8 Å². The van der Waals surface area contributed by atoms with Crippen molar-refractivity contribution in [1.82, 2.24) is 9.55 Å². The summed E-state index contributed by atoms with van der Waals surface area (Å²) in [5.41, 5.74) is 7.26. The summed E-state index contributed by atoms with van der Waals surface area (Å²) in [6.45, 7) is 4.18. The van der Waals surface area contributed by atoms with Crippen LogP contribution >= 0.6 is 0 Å². The summed E-state index contributed by atoms with van der Waals surface area (Å²) in [4.78, 5) is 15.7. The highest BCUT2D eigenvalue weighted by Gasteiger charge is 2.07. The molecule has 0 aliphatic rings. The molecule has 2 aromatic heterocycles. The Labute approximate surface area is 158 Å². The molecule has 0 radical (unpaired) electrons. The van der Waals surface area contributed by atoms with Gasteiger partial charge in [0.25, 0.3) is 0 Å². The summed E-state index contributed by atoms with van der Waals surface area (Å²) in [6.07, 6.45) is 0.861. The van der Waals surface area contributed by atoms with Gasteiger partial charge in [-0.05, 0) is 49.2 Å². The largest absolute Gasteiger partial charge is 0.303 e. The lowest BCUT2D eigenvalue weighted by molar-refractivity contribution is 0.112. The molecule has 0 saturated carbocycles. The van der Waals surface area contributed by atoms with Crippen LogP contribution in [0.2, 0.25) is 0 Å². The minimum Gasteiger partial charge on any atom is -0.303 e. The molecule has 4 rings (SSSR count). The smallest absolute Gasteiger partial charge is 0.150 e. The van der Waals surface area contributed by atoms with Crippen LogP contribution in [0.1, 0.15) is 21.7 Å². The third-order valence-electron chi connectivity index (χ3n) is 4.80. The summed E-state index contributed by atoms with van der Waals surface area (Å²) < 4.78 is 2.16. The van der Waals surface area contributed by atoms with Gasteiger partial charge in [0, 0.05) is 22.5 Å². The lowest BCUT2D eigenvalue weighted by atomic mass is 10.0. The molecule has 0 unspecified atom stereocenters. The molecule has 0 bridgehead atoms. The first-order valence-corrected chi connectivity index (χ1v) is 8.94. The van der Waals surface area contributed by atoms with Crippen molar-refractivity contribution in [2.75, 3.05) is 0 Å². The molecule has 0 aliphatic heterocycles.